The number of rotatable bonds is 5. The summed E-state index contributed by atoms with van der Waals surface area (Å²) >= 11 is 0. The van der Waals surface area contributed by atoms with E-state index in [4.69, 9.17) is 0 Å². The topological polar surface area (TPSA) is 92.5 Å². The van der Waals surface area contributed by atoms with Gasteiger partial charge in [0.25, 0.3) is 5.56 Å². The van der Waals surface area contributed by atoms with Crippen LogP contribution in [0.15, 0.2) is 10.9 Å². The van der Waals surface area contributed by atoms with Crippen LogP contribution in [0.25, 0.3) is 0 Å². The smallest absolute Gasteiger partial charge is 0.311 e. The molecule has 7 nitrogen and oxygen atoms in total. The van der Waals surface area contributed by atoms with Crippen LogP contribution in [0.2, 0.25) is 0 Å². The molecule has 1 unspecified atom stereocenters. The van der Waals surface area contributed by atoms with Crippen LogP contribution < -0.4 is 5.56 Å². The van der Waals surface area contributed by atoms with Crippen LogP contribution in [0, 0.1) is 25.2 Å². The zero-order valence-electron chi connectivity index (χ0n) is 14.8. The molecule has 2 heterocycles. The van der Waals surface area contributed by atoms with Crippen LogP contribution in [0.5, 0.6) is 0 Å². The molecule has 0 spiro atoms. The predicted octanol–water partition coefficient (Wildman–Crippen LogP) is 1.35. The molecule has 1 aliphatic carbocycles. The Morgan fingerprint density at radius 3 is 2.72 bits per heavy atom. The second kappa shape index (κ2) is 6.61. The zero-order chi connectivity index (χ0) is 18.2. The van der Waals surface area contributed by atoms with Gasteiger partial charge in [-0.25, -0.2) is 4.68 Å². The highest BCUT2D eigenvalue weighted by Crippen LogP contribution is 2.44. The van der Waals surface area contributed by atoms with Gasteiger partial charge in [0, 0.05) is 19.2 Å². The second-order valence-electron chi connectivity index (χ2n) is 7.56. The van der Waals surface area contributed by atoms with Crippen molar-refractivity contribution in [1.29, 1.82) is 0 Å². The van der Waals surface area contributed by atoms with Crippen molar-refractivity contribution in [2.75, 3.05) is 13.1 Å². The summed E-state index contributed by atoms with van der Waals surface area (Å²) in [6, 6.07) is 1.47. The average Bonchev–Trinajstić information content (AvgIpc) is 3.36. The first-order valence-electron chi connectivity index (χ1n) is 8.87. The summed E-state index contributed by atoms with van der Waals surface area (Å²) in [6.45, 7) is 4.23. The third-order valence-electron chi connectivity index (χ3n) is 5.48. The van der Waals surface area contributed by atoms with Gasteiger partial charge >= 0.3 is 5.97 Å². The summed E-state index contributed by atoms with van der Waals surface area (Å²) in [5.74, 6) is -0.562. The van der Waals surface area contributed by atoms with E-state index in [1.165, 1.54) is 10.7 Å². The molecule has 0 radical (unpaired) electrons. The van der Waals surface area contributed by atoms with Crippen LogP contribution in [-0.4, -0.2) is 44.8 Å². The second-order valence-corrected chi connectivity index (χ2v) is 7.56. The van der Waals surface area contributed by atoms with Crippen molar-refractivity contribution in [2.24, 2.45) is 11.3 Å². The molecule has 1 saturated carbocycles. The molecule has 2 fully saturated rings. The number of likely N-dealkylation sites (tertiary alicyclic amines) is 1. The summed E-state index contributed by atoms with van der Waals surface area (Å²) in [5, 5.41) is 13.9. The third kappa shape index (κ3) is 3.75. The summed E-state index contributed by atoms with van der Waals surface area (Å²) in [4.78, 5) is 38.2. The lowest BCUT2D eigenvalue weighted by atomic mass is 9.75. The summed E-state index contributed by atoms with van der Waals surface area (Å²) < 4.78 is 1.17. The van der Waals surface area contributed by atoms with Gasteiger partial charge in [0.2, 0.25) is 5.91 Å². The van der Waals surface area contributed by atoms with Gasteiger partial charge in [-0.2, -0.15) is 5.10 Å². The quantitative estimate of drug-likeness (QED) is 0.868. The van der Waals surface area contributed by atoms with Crippen molar-refractivity contribution < 1.29 is 14.7 Å². The molecule has 136 valence electrons. The van der Waals surface area contributed by atoms with Gasteiger partial charge in [-0.15, -0.1) is 0 Å². The first-order chi connectivity index (χ1) is 11.8. The largest absolute Gasteiger partial charge is 0.481 e. The number of nitrogens with zero attached hydrogens (tertiary/aromatic N) is 3. The lowest BCUT2D eigenvalue weighted by Crippen LogP contribution is -2.51. The van der Waals surface area contributed by atoms with Crippen LogP contribution in [-0.2, 0) is 16.1 Å². The summed E-state index contributed by atoms with van der Waals surface area (Å²) in [7, 11) is 0. The Balaban J connectivity index is 1.74. The maximum absolute atomic E-state index is 12.7. The predicted molar refractivity (Wildman–Crippen MR) is 91.2 cm³/mol. The van der Waals surface area contributed by atoms with Crippen molar-refractivity contribution in [3.8, 4) is 0 Å². The Hall–Kier alpha value is -2.18. The van der Waals surface area contributed by atoms with Crippen LogP contribution >= 0.6 is 0 Å². The van der Waals surface area contributed by atoms with E-state index in [0.29, 0.717) is 37.4 Å². The van der Waals surface area contributed by atoms with Crippen molar-refractivity contribution in [1.82, 2.24) is 14.7 Å². The van der Waals surface area contributed by atoms with Crippen LogP contribution in [0.4, 0.5) is 0 Å². The fourth-order valence-corrected chi connectivity index (χ4v) is 3.66. The Bertz CT molecular complexity index is 753. The first-order valence-corrected chi connectivity index (χ1v) is 8.87. The Morgan fingerprint density at radius 1 is 1.36 bits per heavy atom. The first kappa shape index (κ1) is 17.6. The molecule has 1 aromatic heterocycles. The van der Waals surface area contributed by atoms with E-state index in [2.05, 4.69) is 5.10 Å². The number of piperidine rings is 1. The highest BCUT2D eigenvalue weighted by molar-refractivity contribution is 5.79. The van der Waals surface area contributed by atoms with E-state index in [0.717, 1.165) is 18.4 Å². The van der Waals surface area contributed by atoms with Crippen molar-refractivity contribution >= 4 is 11.9 Å². The molecule has 1 N–H and O–H groups in total. The van der Waals surface area contributed by atoms with Gasteiger partial charge < -0.3 is 10.0 Å². The molecule has 1 aromatic rings. The van der Waals surface area contributed by atoms with Crippen molar-refractivity contribution in [3.05, 3.63) is 27.7 Å². The number of aliphatic carboxylic acids is 1. The lowest BCUT2D eigenvalue weighted by Gasteiger charge is -2.40. The number of hydrogen-bond acceptors (Lipinski definition) is 4. The van der Waals surface area contributed by atoms with Gasteiger partial charge in [0.05, 0.1) is 11.1 Å². The van der Waals surface area contributed by atoms with E-state index in [1.54, 1.807) is 18.7 Å². The number of carboxylic acids is 1. The molecule has 2 aliphatic rings. The monoisotopic (exact) mass is 347 g/mol. The molecule has 7 heteroatoms. The highest BCUT2D eigenvalue weighted by Gasteiger charge is 2.46. The fraction of sp³-hybridized carbons (Fsp3) is 0.667. The van der Waals surface area contributed by atoms with Gasteiger partial charge in [-0.05, 0) is 44.6 Å². The molecular weight excluding hydrogens is 322 g/mol. The fourth-order valence-electron chi connectivity index (χ4n) is 3.66. The summed E-state index contributed by atoms with van der Waals surface area (Å²) in [6.07, 6.45) is 4.12. The van der Waals surface area contributed by atoms with Crippen molar-refractivity contribution in [2.45, 2.75) is 52.5 Å². The number of aromatic nitrogens is 2. The van der Waals surface area contributed by atoms with Crippen molar-refractivity contribution in [3.63, 3.8) is 0 Å². The van der Waals surface area contributed by atoms with Gasteiger partial charge in [0.1, 0.15) is 6.54 Å². The Morgan fingerprint density at radius 2 is 2.08 bits per heavy atom. The van der Waals surface area contributed by atoms with Crippen LogP contribution in [0.1, 0.15) is 43.4 Å². The number of hydrogen-bond donors (Lipinski definition) is 1. The maximum atomic E-state index is 12.7. The molecule has 0 aromatic carbocycles. The molecule has 1 atom stereocenters. The van der Waals surface area contributed by atoms with E-state index >= 15 is 0 Å². The zero-order valence-corrected chi connectivity index (χ0v) is 14.8. The highest BCUT2D eigenvalue weighted by atomic mass is 16.4. The van der Waals surface area contributed by atoms with Gasteiger partial charge in [-0.1, -0.05) is 12.8 Å². The summed E-state index contributed by atoms with van der Waals surface area (Å²) in [5.41, 5.74) is 0.355. The molecule has 1 amide bonds. The molecule has 0 bridgehead atoms. The molecule has 1 aliphatic heterocycles. The minimum Gasteiger partial charge on any atom is -0.481 e. The SMILES string of the molecule is Cc1cc(=O)n(CC(=O)N2CCCC(CC3CC3)(C(=O)O)C2)nc1C. The number of amides is 1. The Kier molecular flexibility index (Phi) is 4.67. The Labute approximate surface area is 146 Å². The third-order valence-corrected chi connectivity index (χ3v) is 5.48. The number of carbonyl (C=O) groups excluding carboxylic acids is 1. The van der Waals surface area contributed by atoms with E-state index in [1.807, 2.05) is 0 Å². The van der Waals surface area contributed by atoms with E-state index in [-0.39, 0.29) is 24.6 Å². The maximum Gasteiger partial charge on any atom is 0.311 e. The minimum atomic E-state index is -0.837. The number of carboxylic acid groups (broad SMARTS) is 1. The average molecular weight is 347 g/mol. The minimum absolute atomic E-state index is 0.140. The number of carbonyl (C=O) groups is 2. The number of aryl methyl sites for hydroxylation is 2. The van der Waals surface area contributed by atoms with Gasteiger partial charge in [-0.3, -0.25) is 14.4 Å². The molecule has 25 heavy (non-hydrogen) atoms. The van der Waals surface area contributed by atoms with E-state index in [9.17, 15) is 19.5 Å². The lowest BCUT2D eigenvalue weighted by molar-refractivity contribution is -0.156. The van der Waals surface area contributed by atoms with Gasteiger partial charge in [0.15, 0.2) is 0 Å². The molecular formula is C18H25N3O4. The molecule has 3 rings (SSSR count). The normalized spacial score (nSPS) is 23.5. The molecule has 1 saturated heterocycles. The van der Waals surface area contributed by atoms with Crippen LogP contribution in [0.3, 0.4) is 0 Å². The standard InChI is InChI=1S/C18H25N3O4/c1-12-8-15(22)21(19-13(12)2)10-16(23)20-7-3-6-18(11-20,17(24)25)9-14-4-5-14/h8,14H,3-7,9-11H2,1-2H3,(H,24,25). The van der Waals surface area contributed by atoms with E-state index < -0.39 is 11.4 Å².